The Balaban J connectivity index is 3.24. The quantitative estimate of drug-likeness (QED) is 0.308. The van der Waals surface area contributed by atoms with Gasteiger partial charge in [0.05, 0.1) is 5.70 Å². The van der Waals surface area contributed by atoms with E-state index in [9.17, 15) is 4.79 Å². The number of ketones is 1. The highest BCUT2D eigenvalue weighted by molar-refractivity contribution is 5.92. The van der Waals surface area contributed by atoms with Crippen molar-refractivity contribution in [3.63, 3.8) is 0 Å². The predicted octanol–water partition coefficient (Wildman–Crippen LogP) is 1.78. The number of carbonyl (C=O) groups excluding carboxylic acids is 1. The number of azide groups is 1. The lowest BCUT2D eigenvalue weighted by atomic mass is 9.86. The Hall–Kier alpha value is -1.36. The summed E-state index contributed by atoms with van der Waals surface area (Å²) in [4.78, 5) is 14.0. The number of hydrogen-bond donors (Lipinski definition) is 0. The number of nitrogens with zero attached hydrogens (tertiary/aromatic N) is 3. The van der Waals surface area contributed by atoms with E-state index < -0.39 is 5.79 Å². The summed E-state index contributed by atoms with van der Waals surface area (Å²) >= 11 is 0. The van der Waals surface area contributed by atoms with Gasteiger partial charge in [-0.15, -0.1) is 0 Å². The van der Waals surface area contributed by atoms with Crippen LogP contribution in [0.25, 0.3) is 10.4 Å². The molecular formula is C9H13N3O3. The van der Waals surface area contributed by atoms with E-state index in [1.165, 1.54) is 20.3 Å². The van der Waals surface area contributed by atoms with E-state index in [2.05, 4.69) is 10.0 Å². The molecule has 15 heavy (non-hydrogen) atoms. The Morgan fingerprint density at radius 3 is 2.67 bits per heavy atom. The molecule has 0 aromatic rings. The van der Waals surface area contributed by atoms with Crippen molar-refractivity contribution in [1.82, 2.24) is 0 Å². The van der Waals surface area contributed by atoms with Crippen molar-refractivity contribution in [3.05, 3.63) is 22.2 Å². The molecule has 1 unspecified atom stereocenters. The lowest BCUT2D eigenvalue weighted by Crippen LogP contribution is -2.45. The zero-order valence-electron chi connectivity index (χ0n) is 8.93. The number of methoxy groups -OCH3 is 2. The summed E-state index contributed by atoms with van der Waals surface area (Å²) in [6.45, 7) is 1.81. The van der Waals surface area contributed by atoms with Crippen molar-refractivity contribution in [2.24, 2.45) is 11.0 Å². The summed E-state index contributed by atoms with van der Waals surface area (Å²) < 4.78 is 10.5. The maximum Gasteiger partial charge on any atom is 0.199 e. The number of allylic oxidation sites excluding steroid dienone is 1. The fraction of sp³-hybridized carbons (Fsp3) is 0.667. The molecule has 0 saturated carbocycles. The van der Waals surface area contributed by atoms with Gasteiger partial charge in [-0.3, -0.25) is 4.79 Å². The van der Waals surface area contributed by atoms with Crippen LogP contribution in [0.1, 0.15) is 13.3 Å². The second-order valence-corrected chi connectivity index (χ2v) is 3.37. The molecule has 0 bridgehead atoms. The fourth-order valence-corrected chi connectivity index (χ4v) is 1.84. The van der Waals surface area contributed by atoms with Crippen molar-refractivity contribution in [3.8, 4) is 0 Å². The second kappa shape index (κ2) is 4.44. The van der Waals surface area contributed by atoms with Crippen LogP contribution in [0.15, 0.2) is 16.9 Å². The van der Waals surface area contributed by atoms with Gasteiger partial charge < -0.3 is 9.47 Å². The molecule has 0 spiro atoms. The maximum atomic E-state index is 11.3. The van der Waals surface area contributed by atoms with Crippen molar-refractivity contribution in [1.29, 1.82) is 0 Å². The molecule has 0 aliphatic heterocycles. The normalized spacial score (nSPS) is 24.3. The van der Waals surface area contributed by atoms with Crippen LogP contribution < -0.4 is 0 Å². The third-order valence-electron chi connectivity index (χ3n) is 2.57. The minimum absolute atomic E-state index is 0.0883. The molecule has 1 aliphatic rings. The van der Waals surface area contributed by atoms with E-state index in [1.807, 2.05) is 6.92 Å². The number of ether oxygens (including phenoxy) is 2. The molecule has 6 heteroatoms. The van der Waals surface area contributed by atoms with E-state index in [0.717, 1.165) is 0 Å². The lowest BCUT2D eigenvalue weighted by molar-refractivity contribution is -0.213. The summed E-state index contributed by atoms with van der Waals surface area (Å²) in [6.07, 6.45) is 1.58. The Morgan fingerprint density at radius 2 is 2.20 bits per heavy atom. The molecule has 0 aromatic carbocycles. The first-order valence-corrected chi connectivity index (χ1v) is 4.51. The van der Waals surface area contributed by atoms with Crippen molar-refractivity contribution in [2.45, 2.75) is 19.1 Å². The molecule has 1 rings (SSSR count). The molecule has 0 amide bonds. The topological polar surface area (TPSA) is 84.3 Å². The van der Waals surface area contributed by atoms with Crippen LogP contribution in [0.5, 0.6) is 0 Å². The zero-order chi connectivity index (χ0) is 11.5. The van der Waals surface area contributed by atoms with E-state index in [1.54, 1.807) is 0 Å². The van der Waals surface area contributed by atoms with E-state index in [4.69, 9.17) is 15.0 Å². The van der Waals surface area contributed by atoms with Gasteiger partial charge >= 0.3 is 0 Å². The van der Waals surface area contributed by atoms with Gasteiger partial charge in [-0.1, -0.05) is 12.0 Å². The van der Waals surface area contributed by atoms with Gasteiger partial charge in [-0.05, 0) is 11.6 Å². The van der Waals surface area contributed by atoms with Crippen LogP contribution in [0.2, 0.25) is 0 Å². The summed E-state index contributed by atoms with van der Waals surface area (Å²) in [5, 5.41) is 3.45. The van der Waals surface area contributed by atoms with Crippen molar-refractivity contribution < 1.29 is 14.3 Å². The first-order chi connectivity index (χ1) is 7.10. The monoisotopic (exact) mass is 211 g/mol. The fourth-order valence-electron chi connectivity index (χ4n) is 1.84. The van der Waals surface area contributed by atoms with Gasteiger partial charge in [0.15, 0.2) is 11.6 Å². The Morgan fingerprint density at radius 1 is 1.60 bits per heavy atom. The van der Waals surface area contributed by atoms with Gasteiger partial charge in [0.2, 0.25) is 0 Å². The molecule has 82 valence electrons. The minimum Gasteiger partial charge on any atom is -0.349 e. The molecule has 0 radical (unpaired) electrons. The van der Waals surface area contributed by atoms with Crippen LogP contribution in [-0.2, 0) is 14.3 Å². The highest BCUT2D eigenvalue weighted by Gasteiger charge is 2.44. The Bertz CT molecular complexity index is 341. The third kappa shape index (κ3) is 1.87. The average Bonchev–Trinajstić information content (AvgIpc) is 2.19. The second-order valence-electron chi connectivity index (χ2n) is 3.37. The largest absolute Gasteiger partial charge is 0.349 e. The van der Waals surface area contributed by atoms with Crippen molar-refractivity contribution in [2.75, 3.05) is 14.2 Å². The first-order valence-electron chi connectivity index (χ1n) is 4.51. The summed E-state index contributed by atoms with van der Waals surface area (Å²) in [7, 11) is 2.91. The van der Waals surface area contributed by atoms with Gasteiger partial charge in [-0.2, -0.15) is 0 Å². The standard InChI is InChI=1S/C9H13N3O3/c1-6-4-7(13)5-8(11-12-10)9(6,14-2)15-3/h5-6H,4H2,1-3H3. The van der Waals surface area contributed by atoms with E-state index >= 15 is 0 Å². The SMILES string of the molecule is COC1(OC)C(N=[N+]=[N-])=CC(=O)CC1C. The summed E-state index contributed by atoms with van der Waals surface area (Å²) in [5.74, 6) is -1.39. The van der Waals surface area contributed by atoms with Crippen LogP contribution in [0, 0.1) is 5.92 Å². The zero-order valence-corrected chi connectivity index (χ0v) is 8.93. The first kappa shape index (κ1) is 11.7. The minimum atomic E-state index is -1.11. The molecule has 0 fully saturated rings. The highest BCUT2D eigenvalue weighted by Crippen LogP contribution is 2.37. The Labute approximate surface area is 87.5 Å². The third-order valence-corrected chi connectivity index (χ3v) is 2.57. The maximum absolute atomic E-state index is 11.3. The van der Waals surface area contributed by atoms with Crippen LogP contribution >= 0.6 is 0 Å². The number of carbonyl (C=O) groups is 1. The molecule has 6 nitrogen and oxygen atoms in total. The molecular weight excluding hydrogens is 198 g/mol. The van der Waals surface area contributed by atoms with Crippen LogP contribution in [-0.4, -0.2) is 25.8 Å². The summed E-state index contributed by atoms with van der Waals surface area (Å²) in [6, 6.07) is 0. The van der Waals surface area contributed by atoms with Gasteiger partial charge in [0.1, 0.15) is 0 Å². The lowest BCUT2D eigenvalue weighted by Gasteiger charge is -2.38. The van der Waals surface area contributed by atoms with E-state index in [0.29, 0.717) is 6.42 Å². The number of hydrogen-bond acceptors (Lipinski definition) is 4. The average molecular weight is 211 g/mol. The molecule has 0 aromatic heterocycles. The van der Waals surface area contributed by atoms with E-state index in [-0.39, 0.29) is 17.4 Å². The highest BCUT2D eigenvalue weighted by atomic mass is 16.7. The molecule has 1 aliphatic carbocycles. The summed E-state index contributed by atoms with van der Waals surface area (Å²) in [5.41, 5.74) is 8.59. The smallest absolute Gasteiger partial charge is 0.199 e. The number of rotatable bonds is 3. The van der Waals surface area contributed by atoms with Crippen LogP contribution in [0.3, 0.4) is 0 Å². The Kier molecular flexibility index (Phi) is 3.47. The molecule has 1 atom stereocenters. The molecule has 0 heterocycles. The van der Waals surface area contributed by atoms with Gasteiger partial charge in [0.25, 0.3) is 0 Å². The van der Waals surface area contributed by atoms with Gasteiger partial charge in [-0.25, -0.2) is 0 Å². The van der Waals surface area contributed by atoms with Crippen molar-refractivity contribution >= 4 is 5.78 Å². The van der Waals surface area contributed by atoms with Gasteiger partial charge in [0, 0.05) is 31.5 Å². The van der Waals surface area contributed by atoms with Crippen LogP contribution in [0.4, 0.5) is 0 Å². The predicted molar refractivity (Wildman–Crippen MR) is 52.8 cm³/mol. The molecule has 0 saturated heterocycles. The molecule has 0 N–H and O–H groups in total.